The molecule has 13 heavy (non-hydrogen) atoms. The number of nitrogens with zero attached hydrogens (tertiary/aromatic N) is 2. The summed E-state index contributed by atoms with van der Waals surface area (Å²) < 4.78 is 1.84. The molecule has 1 aromatic rings. The second-order valence-corrected chi connectivity index (χ2v) is 4.83. The minimum absolute atomic E-state index is 0.769. The summed E-state index contributed by atoms with van der Waals surface area (Å²) in [5.41, 5.74) is 0. The minimum Gasteiger partial charge on any atom is -0.275 e. The van der Waals surface area contributed by atoms with Crippen molar-refractivity contribution in [1.82, 2.24) is 9.78 Å². The SMILES string of the molecule is CCC(CBr)CSc1cnn(C)c1. The van der Waals surface area contributed by atoms with E-state index in [2.05, 4.69) is 34.1 Å². The molecule has 0 aliphatic rings. The second-order valence-electron chi connectivity index (χ2n) is 3.09. The van der Waals surface area contributed by atoms with Crippen molar-refractivity contribution in [2.75, 3.05) is 11.1 Å². The first kappa shape index (κ1) is 11.1. The molecule has 0 fully saturated rings. The monoisotopic (exact) mass is 262 g/mol. The van der Waals surface area contributed by atoms with Crippen LogP contribution < -0.4 is 0 Å². The van der Waals surface area contributed by atoms with Gasteiger partial charge in [0.1, 0.15) is 0 Å². The quantitative estimate of drug-likeness (QED) is 0.600. The van der Waals surface area contributed by atoms with Gasteiger partial charge in [-0.15, -0.1) is 11.8 Å². The number of aromatic nitrogens is 2. The Morgan fingerprint density at radius 1 is 1.69 bits per heavy atom. The first-order valence-electron chi connectivity index (χ1n) is 4.43. The van der Waals surface area contributed by atoms with E-state index in [9.17, 15) is 0 Å². The molecule has 1 rings (SSSR count). The van der Waals surface area contributed by atoms with Crippen LogP contribution in [0.1, 0.15) is 13.3 Å². The third-order valence-electron chi connectivity index (χ3n) is 1.96. The molecule has 0 saturated heterocycles. The van der Waals surface area contributed by atoms with E-state index in [1.54, 1.807) is 0 Å². The van der Waals surface area contributed by atoms with Gasteiger partial charge in [-0.3, -0.25) is 4.68 Å². The molecule has 0 bridgehead atoms. The Kier molecular flexibility index (Phi) is 4.88. The highest BCUT2D eigenvalue weighted by molar-refractivity contribution is 9.09. The van der Waals surface area contributed by atoms with Gasteiger partial charge in [0.2, 0.25) is 0 Å². The predicted molar refractivity (Wildman–Crippen MR) is 61.5 cm³/mol. The van der Waals surface area contributed by atoms with Crippen molar-refractivity contribution < 1.29 is 0 Å². The number of rotatable bonds is 5. The summed E-state index contributed by atoms with van der Waals surface area (Å²) in [7, 11) is 1.95. The highest BCUT2D eigenvalue weighted by Crippen LogP contribution is 2.22. The number of hydrogen-bond acceptors (Lipinski definition) is 2. The summed E-state index contributed by atoms with van der Waals surface area (Å²) in [6.45, 7) is 2.23. The Morgan fingerprint density at radius 2 is 2.46 bits per heavy atom. The second kappa shape index (κ2) is 5.70. The maximum absolute atomic E-state index is 4.13. The number of hydrogen-bond donors (Lipinski definition) is 0. The summed E-state index contributed by atoms with van der Waals surface area (Å²) >= 11 is 5.41. The lowest BCUT2D eigenvalue weighted by Gasteiger charge is -2.08. The Hall–Kier alpha value is 0.0400. The standard InChI is InChI=1S/C9H15BrN2S/c1-3-8(4-10)7-13-9-5-11-12(2)6-9/h5-6,8H,3-4,7H2,1-2H3. The van der Waals surface area contributed by atoms with Gasteiger partial charge < -0.3 is 0 Å². The number of halogens is 1. The number of thioether (sulfide) groups is 1. The molecule has 2 nitrogen and oxygen atoms in total. The van der Waals surface area contributed by atoms with Crippen molar-refractivity contribution in [2.45, 2.75) is 18.2 Å². The van der Waals surface area contributed by atoms with Crippen molar-refractivity contribution in [3.8, 4) is 0 Å². The fourth-order valence-electron chi connectivity index (χ4n) is 0.959. The summed E-state index contributed by atoms with van der Waals surface area (Å²) in [4.78, 5) is 1.27. The maximum atomic E-state index is 4.13. The Bertz CT molecular complexity index is 246. The Morgan fingerprint density at radius 3 is 2.92 bits per heavy atom. The fraction of sp³-hybridized carbons (Fsp3) is 0.667. The number of alkyl halides is 1. The third-order valence-corrected chi connectivity index (χ3v) is 4.06. The van der Waals surface area contributed by atoms with Crippen LogP contribution in [0.2, 0.25) is 0 Å². The van der Waals surface area contributed by atoms with Crippen molar-refractivity contribution in [3.63, 3.8) is 0 Å². The van der Waals surface area contributed by atoms with Crippen LogP contribution in [0.15, 0.2) is 17.3 Å². The molecule has 0 saturated carbocycles. The molecule has 0 amide bonds. The molecule has 0 aromatic carbocycles. The van der Waals surface area contributed by atoms with E-state index in [0.29, 0.717) is 0 Å². The van der Waals surface area contributed by atoms with Crippen LogP contribution in [0.3, 0.4) is 0 Å². The van der Waals surface area contributed by atoms with Gasteiger partial charge in [0.15, 0.2) is 0 Å². The topological polar surface area (TPSA) is 17.8 Å². The molecule has 1 aromatic heterocycles. The van der Waals surface area contributed by atoms with Crippen molar-refractivity contribution in [3.05, 3.63) is 12.4 Å². The van der Waals surface area contributed by atoms with E-state index in [1.807, 2.05) is 29.7 Å². The lowest BCUT2D eigenvalue weighted by Crippen LogP contribution is -2.02. The molecule has 0 N–H and O–H groups in total. The predicted octanol–water partition coefficient (Wildman–Crippen LogP) is 2.93. The average Bonchev–Trinajstić information content (AvgIpc) is 2.53. The molecule has 1 atom stereocenters. The first-order chi connectivity index (χ1) is 6.26. The number of aryl methyl sites for hydroxylation is 1. The Labute approximate surface area is 92.2 Å². The normalized spacial score (nSPS) is 13.2. The van der Waals surface area contributed by atoms with Crippen LogP contribution in [0.5, 0.6) is 0 Å². The molecule has 0 spiro atoms. The first-order valence-corrected chi connectivity index (χ1v) is 6.54. The van der Waals surface area contributed by atoms with Crippen LogP contribution in [0.4, 0.5) is 0 Å². The van der Waals surface area contributed by atoms with E-state index < -0.39 is 0 Å². The van der Waals surface area contributed by atoms with Gasteiger partial charge in [0.25, 0.3) is 0 Å². The van der Waals surface area contributed by atoms with E-state index >= 15 is 0 Å². The molecule has 1 unspecified atom stereocenters. The zero-order valence-corrected chi connectivity index (χ0v) is 10.4. The average molecular weight is 263 g/mol. The maximum Gasteiger partial charge on any atom is 0.0625 e. The van der Waals surface area contributed by atoms with E-state index in [1.165, 1.54) is 17.1 Å². The summed E-state index contributed by atoms with van der Waals surface area (Å²) in [5.74, 6) is 1.94. The third kappa shape index (κ3) is 3.73. The van der Waals surface area contributed by atoms with Crippen LogP contribution in [0.25, 0.3) is 0 Å². The summed E-state index contributed by atoms with van der Waals surface area (Å²) in [6, 6.07) is 0. The molecule has 0 aliphatic heterocycles. The van der Waals surface area contributed by atoms with Gasteiger partial charge in [-0.2, -0.15) is 5.10 Å². The minimum atomic E-state index is 0.769. The van der Waals surface area contributed by atoms with Gasteiger partial charge in [0, 0.05) is 29.2 Å². The zero-order valence-electron chi connectivity index (χ0n) is 8.03. The highest BCUT2D eigenvalue weighted by atomic mass is 79.9. The molecule has 74 valence electrons. The van der Waals surface area contributed by atoms with Crippen molar-refractivity contribution >= 4 is 27.7 Å². The lowest BCUT2D eigenvalue weighted by atomic mass is 10.2. The van der Waals surface area contributed by atoms with Crippen LogP contribution in [0, 0.1) is 5.92 Å². The molecular formula is C9H15BrN2S. The van der Waals surface area contributed by atoms with E-state index in [-0.39, 0.29) is 0 Å². The highest BCUT2D eigenvalue weighted by Gasteiger charge is 2.05. The Balaban J connectivity index is 2.33. The molecule has 4 heteroatoms. The summed E-state index contributed by atoms with van der Waals surface area (Å²) in [5, 5.41) is 5.22. The van der Waals surface area contributed by atoms with Crippen LogP contribution in [-0.4, -0.2) is 20.9 Å². The van der Waals surface area contributed by atoms with Crippen LogP contribution >= 0.6 is 27.7 Å². The largest absolute Gasteiger partial charge is 0.275 e. The van der Waals surface area contributed by atoms with Gasteiger partial charge in [-0.05, 0) is 5.92 Å². The molecular weight excluding hydrogens is 248 g/mol. The smallest absolute Gasteiger partial charge is 0.0625 e. The van der Waals surface area contributed by atoms with E-state index in [0.717, 1.165) is 11.2 Å². The van der Waals surface area contributed by atoms with Crippen molar-refractivity contribution in [1.29, 1.82) is 0 Å². The van der Waals surface area contributed by atoms with Crippen molar-refractivity contribution in [2.24, 2.45) is 13.0 Å². The molecule has 1 heterocycles. The van der Waals surface area contributed by atoms with E-state index in [4.69, 9.17) is 0 Å². The molecule has 0 radical (unpaired) electrons. The summed E-state index contributed by atoms with van der Waals surface area (Å²) in [6.07, 6.45) is 5.22. The van der Waals surface area contributed by atoms with Crippen LogP contribution in [-0.2, 0) is 7.05 Å². The van der Waals surface area contributed by atoms with Gasteiger partial charge >= 0.3 is 0 Å². The molecule has 0 aliphatic carbocycles. The fourth-order valence-corrected chi connectivity index (χ4v) is 3.08. The van der Waals surface area contributed by atoms with Gasteiger partial charge in [-0.25, -0.2) is 0 Å². The van der Waals surface area contributed by atoms with Gasteiger partial charge in [-0.1, -0.05) is 29.3 Å². The lowest BCUT2D eigenvalue weighted by molar-refractivity contribution is 0.652. The zero-order chi connectivity index (χ0) is 9.68. The van der Waals surface area contributed by atoms with Gasteiger partial charge in [0.05, 0.1) is 6.20 Å².